The van der Waals surface area contributed by atoms with Crippen molar-refractivity contribution in [3.63, 3.8) is 0 Å². The standard InChI is InChI=1S/C6H12O3S/c1-3-6(9,5(7)8)10-4-2/h9H,3-4H2,1-2H3,(H,7,8). The Labute approximate surface area is 64.4 Å². The fourth-order valence-electron chi connectivity index (χ4n) is 0.554. The van der Waals surface area contributed by atoms with Gasteiger partial charge in [0.1, 0.15) is 0 Å². The Morgan fingerprint density at radius 1 is 1.60 bits per heavy atom. The van der Waals surface area contributed by atoms with Crippen LogP contribution in [0.4, 0.5) is 0 Å². The molecule has 0 saturated heterocycles. The summed E-state index contributed by atoms with van der Waals surface area (Å²) in [5.41, 5.74) is 0. The van der Waals surface area contributed by atoms with Crippen molar-refractivity contribution >= 4 is 17.7 Å². The smallest absolute Gasteiger partial charge is 0.346 e. The van der Waals surface area contributed by atoms with Crippen LogP contribution in [-0.2, 0) is 4.79 Å². The van der Waals surface area contributed by atoms with Gasteiger partial charge in [0.15, 0.2) is 0 Å². The Balaban J connectivity index is 4.08. The molecule has 1 unspecified atom stereocenters. The van der Waals surface area contributed by atoms with Gasteiger partial charge in [-0.05, 0) is 12.2 Å². The molecule has 0 heterocycles. The molecule has 0 amide bonds. The third-order valence-corrected chi connectivity index (χ3v) is 2.43. The summed E-state index contributed by atoms with van der Waals surface area (Å²) in [6, 6.07) is 0. The number of thioether (sulfide) groups is 1. The fraction of sp³-hybridized carbons (Fsp3) is 0.833. The SMILES string of the molecule is CCSC(O)(CC)C(=O)O. The molecular formula is C6H12O3S. The molecule has 0 aliphatic heterocycles. The van der Waals surface area contributed by atoms with Gasteiger partial charge in [0.05, 0.1) is 0 Å². The molecule has 0 saturated carbocycles. The number of carbonyl (C=O) groups is 1. The minimum absolute atomic E-state index is 0.237. The number of hydrogen-bond acceptors (Lipinski definition) is 3. The van der Waals surface area contributed by atoms with Crippen LogP contribution in [0.15, 0.2) is 0 Å². The topological polar surface area (TPSA) is 57.5 Å². The first-order valence-corrected chi connectivity index (χ1v) is 4.15. The summed E-state index contributed by atoms with van der Waals surface area (Å²) in [4.78, 5) is 8.80. The molecule has 3 nitrogen and oxygen atoms in total. The van der Waals surface area contributed by atoms with E-state index >= 15 is 0 Å². The Morgan fingerprint density at radius 3 is 2.20 bits per heavy atom. The van der Waals surface area contributed by atoms with Gasteiger partial charge in [0.25, 0.3) is 0 Å². The van der Waals surface area contributed by atoms with Gasteiger partial charge in [-0.1, -0.05) is 13.8 Å². The molecule has 0 bridgehead atoms. The van der Waals surface area contributed by atoms with Crippen LogP contribution >= 0.6 is 11.8 Å². The van der Waals surface area contributed by atoms with Crippen molar-refractivity contribution in [2.75, 3.05) is 5.75 Å². The van der Waals surface area contributed by atoms with Crippen molar-refractivity contribution in [1.29, 1.82) is 0 Å². The Bertz CT molecular complexity index is 126. The van der Waals surface area contributed by atoms with E-state index in [1.807, 2.05) is 6.92 Å². The zero-order chi connectivity index (χ0) is 8.20. The van der Waals surface area contributed by atoms with Gasteiger partial charge in [0.2, 0.25) is 4.93 Å². The average Bonchev–Trinajstić information content (AvgIpc) is 1.88. The van der Waals surface area contributed by atoms with Gasteiger partial charge in [-0.2, -0.15) is 0 Å². The summed E-state index contributed by atoms with van der Waals surface area (Å²) in [5.74, 6) is -0.543. The normalized spacial score (nSPS) is 16.3. The molecule has 60 valence electrons. The molecule has 0 aromatic rings. The van der Waals surface area contributed by atoms with Crippen LogP contribution < -0.4 is 0 Å². The van der Waals surface area contributed by atoms with Gasteiger partial charge in [-0.25, -0.2) is 4.79 Å². The number of aliphatic hydroxyl groups is 1. The van der Waals surface area contributed by atoms with Crippen LogP contribution in [0.25, 0.3) is 0 Å². The van der Waals surface area contributed by atoms with E-state index < -0.39 is 10.9 Å². The summed E-state index contributed by atoms with van der Waals surface area (Å²) in [6.07, 6.45) is 0.237. The summed E-state index contributed by atoms with van der Waals surface area (Å²) in [6.45, 7) is 3.46. The summed E-state index contributed by atoms with van der Waals surface area (Å²) >= 11 is 1.04. The molecule has 10 heavy (non-hydrogen) atoms. The largest absolute Gasteiger partial charge is 0.478 e. The van der Waals surface area contributed by atoms with Crippen LogP contribution in [0, 0.1) is 0 Å². The van der Waals surface area contributed by atoms with E-state index in [9.17, 15) is 9.90 Å². The average molecular weight is 164 g/mol. The van der Waals surface area contributed by atoms with E-state index in [1.54, 1.807) is 6.92 Å². The zero-order valence-electron chi connectivity index (χ0n) is 6.13. The Morgan fingerprint density at radius 2 is 2.10 bits per heavy atom. The lowest BCUT2D eigenvalue weighted by Gasteiger charge is -2.19. The van der Waals surface area contributed by atoms with Crippen molar-refractivity contribution in [3.05, 3.63) is 0 Å². The van der Waals surface area contributed by atoms with Crippen LogP contribution in [0.1, 0.15) is 20.3 Å². The van der Waals surface area contributed by atoms with Crippen molar-refractivity contribution in [2.45, 2.75) is 25.2 Å². The predicted molar refractivity (Wildman–Crippen MR) is 41.0 cm³/mol. The van der Waals surface area contributed by atoms with Crippen LogP contribution in [-0.4, -0.2) is 26.9 Å². The van der Waals surface area contributed by atoms with E-state index in [0.717, 1.165) is 11.8 Å². The van der Waals surface area contributed by atoms with Gasteiger partial charge in [-0.15, -0.1) is 11.8 Å². The second kappa shape index (κ2) is 3.83. The van der Waals surface area contributed by atoms with Gasteiger partial charge < -0.3 is 10.2 Å². The third kappa shape index (κ3) is 2.19. The van der Waals surface area contributed by atoms with Gasteiger partial charge in [0, 0.05) is 0 Å². The minimum Gasteiger partial charge on any atom is -0.478 e. The number of carboxylic acid groups (broad SMARTS) is 1. The highest BCUT2D eigenvalue weighted by Gasteiger charge is 2.33. The van der Waals surface area contributed by atoms with E-state index in [4.69, 9.17) is 5.11 Å². The molecule has 4 heteroatoms. The van der Waals surface area contributed by atoms with E-state index in [0.29, 0.717) is 5.75 Å². The highest BCUT2D eigenvalue weighted by molar-refractivity contribution is 8.01. The van der Waals surface area contributed by atoms with Gasteiger partial charge in [-0.3, -0.25) is 0 Å². The second-order valence-electron chi connectivity index (χ2n) is 1.88. The first-order chi connectivity index (χ1) is 4.56. The number of rotatable bonds is 4. The molecule has 0 aromatic heterocycles. The zero-order valence-corrected chi connectivity index (χ0v) is 6.94. The number of carboxylic acids is 1. The molecule has 0 fully saturated rings. The maximum absolute atomic E-state index is 10.4. The highest BCUT2D eigenvalue weighted by atomic mass is 32.2. The van der Waals surface area contributed by atoms with Crippen molar-refractivity contribution in [2.24, 2.45) is 0 Å². The summed E-state index contributed by atoms with van der Waals surface area (Å²) in [7, 11) is 0. The van der Waals surface area contributed by atoms with Crippen molar-refractivity contribution in [3.8, 4) is 0 Å². The Kier molecular flexibility index (Phi) is 3.75. The van der Waals surface area contributed by atoms with E-state index in [1.165, 1.54) is 0 Å². The molecular weight excluding hydrogens is 152 g/mol. The fourth-order valence-corrected chi connectivity index (χ4v) is 1.36. The monoisotopic (exact) mass is 164 g/mol. The molecule has 1 atom stereocenters. The number of hydrogen-bond donors (Lipinski definition) is 2. The highest BCUT2D eigenvalue weighted by Crippen LogP contribution is 2.25. The predicted octanol–water partition coefficient (Wildman–Crippen LogP) is 0.923. The lowest BCUT2D eigenvalue weighted by Crippen LogP contribution is -2.34. The van der Waals surface area contributed by atoms with Crippen molar-refractivity contribution < 1.29 is 15.0 Å². The maximum atomic E-state index is 10.4. The molecule has 0 aromatic carbocycles. The summed E-state index contributed by atoms with van der Waals surface area (Å²) in [5, 5.41) is 17.8. The molecule has 0 aliphatic rings. The molecule has 0 radical (unpaired) electrons. The third-order valence-electron chi connectivity index (χ3n) is 1.20. The lowest BCUT2D eigenvalue weighted by atomic mass is 10.3. The first kappa shape index (κ1) is 9.78. The molecule has 0 rings (SSSR count). The Hall–Kier alpha value is -0.220. The van der Waals surface area contributed by atoms with Crippen LogP contribution in [0.3, 0.4) is 0 Å². The van der Waals surface area contributed by atoms with Crippen LogP contribution in [0.2, 0.25) is 0 Å². The quantitative estimate of drug-likeness (QED) is 0.607. The van der Waals surface area contributed by atoms with E-state index in [2.05, 4.69) is 0 Å². The number of aliphatic carboxylic acids is 1. The second-order valence-corrected chi connectivity index (χ2v) is 3.42. The molecule has 0 spiro atoms. The molecule has 0 aliphatic carbocycles. The first-order valence-electron chi connectivity index (χ1n) is 3.16. The lowest BCUT2D eigenvalue weighted by molar-refractivity contribution is -0.149. The maximum Gasteiger partial charge on any atom is 0.346 e. The van der Waals surface area contributed by atoms with Crippen molar-refractivity contribution in [1.82, 2.24) is 0 Å². The van der Waals surface area contributed by atoms with E-state index in [-0.39, 0.29) is 6.42 Å². The van der Waals surface area contributed by atoms with Crippen LogP contribution in [0.5, 0.6) is 0 Å². The minimum atomic E-state index is -1.57. The summed E-state index contributed by atoms with van der Waals surface area (Å²) < 4.78 is 0. The molecule has 2 N–H and O–H groups in total. The van der Waals surface area contributed by atoms with Gasteiger partial charge >= 0.3 is 5.97 Å².